The first-order valence-electron chi connectivity index (χ1n) is 15.7. The van der Waals surface area contributed by atoms with Gasteiger partial charge in [0.1, 0.15) is 13.2 Å². The molecule has 0 aromatic carbocycles. The van der Waals surface area contributed by atoms with Gasteiger partial charge in [0.2, 0.25) is 0 Å². The van der Waals surface area contributed by atoms with Gasteiger partial charge >= 0.3 is 12.1 Å². The summed E-state index contributed by atoms with van der Waals surface area (Å²) >= 11 is 0. The predicted octanol–water partition coefficient (Wildman–Crippen LogP) is 7.30. The molecule has 1 rings (SSSR count). The number of amides is 1. The Morgan fingerprint density at radius 1 is 0.718 bits per heavy atom. The largest absolute Gasteiger partial charge is 0.462 e. The van der Waals surface area contributed by atoms with Crippen molar-refractivity contribution in [3.05, 3.63) is 30.6 Å². The number of pyridine rings is 1. The maximum absolute atomic E-state index is 12.1. The summed E-state index contributed by atoms with van der Waals surface area (Å²) in [6.07, 6.45) is 25.1. The van der Waals surface area contributed by atoms with Gasteiger partial charge in [-0.3, -0.25) is 4.79 Å². The fraction of sp³-hybridized carbons (Fsp3) is 0.781. The third-order valence-corrected chi connectivity index (χ3v) is 6.93. The Labute approximate surface area is 238 Å². The highest BCUT2D eigenvalue weighted by Crippen LogP contribution is 2.13. The van der Waals surface area contributed by atoms with Gasteiger partial charge in [0.25, 0.3) is 0 Å². The standard InChI is InChI=1S/C32H56N2O5/c1-3-4-5-6-7-8-9-10-11-12-13-14-15-16-17-21-27-37-28-30(39-32(36)33-2)29-38-31(35)23-22-26-34-24-19-18-20-25-34/h18-20,24-25,30H,3-17,21-23,26-29H2,1-2H3/p+1/t30-/m1/s1. The molecule has 1 N–H and O–H groups in total. The van der Waals surface area contributed by atoms with Crippen LogP contribution in [0, 0.1) is 0 Å². The first-order chi connectivity index (χ1) is 19.2. The number of nitrogens with one attached hydrogen (secondary N) is 1. The molecule has 7 heteroatoms. The number of rotatable bonds is 26. The summed E-state index contributed by atoms with van der Waals surface area (Å²) in [5.41, 5.74) is 0. The Hall–Kier alpha value is -2.15. The molecule has 224 valence electrons. The maximum Gasteiger partial charge on any atom is 0.407 e. The highest BCUT2D eigenvalue weighted by atomic mass is 16.6. The zero-order chi connectivity index (χ0) is 28.2. The van der Waals surface area contributed by atoms with Gasteiger partial charge in [-0.25, -0.2) is 9.36 Å². The van der Waals surface area contributed by atoms with Crippen molar-refractivity contribution in [1.82, 2.24) is 5.32 Å². The summed E-state index contributed by atoms with van der Waals surface area (Å²) in [6.45, 7) is 3.87. The Bertz CT molecular complexity index is 701. The van der Waals surface area contributed by atoms with Gasteiger partial charge in [0.05, 0.1) is 13.0 Å². The zero-order valence-corrected chi connectivity index (χ0v) is 25.0. The smallest absolute Gasteiger partial charge is 0.407 e. The van der Waals surface area contributed by atoms with Crippen LogP contribution in [0.15, 0.2) is 30.6 Å². The predicted molar refractivity (Wildman–Crippen MR) is 157 cm³/mol. The van der Waals surface area contributed by atoms with Crippen LogP contribution < -0.4 is 9.88 Å². The first kappa shape index (κ1) is 34.9. The van der Waals surface area contributed by atoms with Gasteiger partial charge in [0, 0.05) is 32.2 Å². The van der Waals surface area contributed by atoms with Crippen molar-refractivity contribution in [2.75, 3.05) is 26.9 Å². The lowest BCUT2D eigenvalue weighted by Gasteiger charge is -2.18. The molecule has 39 heavy (non-hydrogen) atoms. The molecular formula is C32H57N2O5+. The zero-order valence-electron chi connectivity index (χ0n) is 25.0. The number of aryl methyl sites for hydroxylation is 1. The van der Waals surface area contributed by atoms with Gasteiger partial charge in [-0.1, -0.05) is 109 Å². The average Bonchev–Trinajstić information content (AvgIpc) is 2.95. The summed E-state index contributed by atoms with van der Waals surface area (Å²) in [5.74, 6) is -0.296. The number of hydrogen-bond donors (Lipinski definition) is 1. The Kier molecular flexibility index (Phi) is 23.3. The summed E-state index contributed by atoms with van der Waals surface area (Å²) in [7, 11) is 1.50. The third kappa shape index (κ3) is 22.4. The van der Waals surface area contributed by atoms with E-state index in [1.54, 1.807) is 0 Å². The molecule has 0 saturated carbocycles. The van der Waals surface area contributed by atoms with Gasteiger partial charge in [-0.2, -0.15) is 0 Å². The highest BCUT2D eigenvalue weighted by molar-refractivity contribution is 5.69. The lowest BCUT2D eigenvalue weighted by atomic mass is 10.0. The molecule has 0 spiro atoms. The molecule has 0 aliphatic carbocycles. The van der Waals surface area contributed by atoms with Crippen LogP contribution in [0.4, 0.5) is 4.79 Å². The molecule has 0 fully saturated rings. The molecule has 1 amide bonds. The molecule has 0 saturated heterocycles. The molecule has 1 aromatic rings. The number of unbranched alkanes of at least 4 members (excludes halogenated alkanes) is 15. The minimum Gasteiger partial charge on any atom is -0.462 e. The minimum absolute atomic E-state index is 0.00366. The van der Waals surface area contributed by atoms with Crippen molar-refractivity contribution >= 4 is 12.1 Å². The van der Waals surface area contributed by atoms with Crippen LogP contribution in [0.25, 0.3) is 0 Å². The lowest BCUT2D eigenvalue weighted by Crippen LogP contribution is -2.34. The van der Waals surface area contributed by atoms with E-state index in [0.717, 1.165) is 19.4 Å². The van der Waals surface area contributed by atoms with Crippen molar-refractivity contribution in [1.29, 1.82) is 0 Å². The van der Waals surface area contributed by atoms with Crippen molar-refractivity contribution in [3.8, 4) is 0 Å². The molecule has 7 nitrogen and oxygen atoms in total. The summed E-state index contributed by atoms with van der Waals surface area (Å²) in [6, 6.07) is 5.87. The van der Waals surface area contributed by atoms with Crippen molar-refractivity contribution < 1.29 is 28.4 Å². The molecule has 1 heterocycles. The van der Waals surface area contributed by atoms with Crippen LogP contribution in [0.2, 0.25) is 0 Å². The summed E-state index contributed by atoms with van der Waals surface area (Å²) in [4.78, 5) is 23.8. The number of hydrogen-bond acceptors (Lipinski definition) is 5. The SMILES string of the molecule is CCCCCCCCCCCCCCCCCCOC[C@H](COC(=O)CCC[n+]1ccccc1)OC(=O)NC. The van der Waals surface area contributed by atoms with Gasteiger partial charge < -0.3 is 19.5 Å². The quantitative estimate of drug-likeness (QED) is 0.0745. The number of ether oxygens (including phenoxy) is 3. The van der Waals surface area contributed by atoms with E-state index in [1.165, 1.54) is 96.9 Å². The molecular weight excluding hydrogens is 492 g/mol. The van der Waals surface area contributed by atoms with E-state index < -0.39 is 12.2 Å². The monoisotopic (exact) mass is 549 g/mol. The Morgan fingerprint density at radius 2 is 1.26 bits per heavy atom. The number of alkyl carbamates (subject to hydrolysis) is 1. The van der Waals surface area contributed by atoms with E-state index in [2.05, 4.69) is 12.2 Å². The van der Waals surface area contributed by atoms with Crippen molar-refractivity contribution in [3.63, 3.8) is 0 Å². The van der Waals surface area contributed by atoms with Crippen LogP contribution in [-0.4, -0.2) is 45.0 Å². The first-order valence-corrected chi connectivity index (χ1v) is 15.7. The average molecular weight is 550 g/mol. The van der Waals surface area contributed by atoms with Gasteiger partial charge in [0.15, 0.2) is 18.5 Å². The Morgan fingerprint density at radius 3 is 1.79 bits per heavy atom. The van der Waals surface area contributed by atoms with Crippen LogP contribution in [-0.2, 0) is 25.5 Å². The fourth-order valence-electron chi connectivity index (χ4n) is 4.54. The summed E-state index contributed by atoms with van der Waals surface area (Å²) in [5, 5.41) is 2.44. The van der Waals surface area contributed by atoms with Crippen LogP contribution in [0.1, 0.15) is 122 Å². The van der Waals surface area contributed by atoms with Gasteiger partial charge in [-0.05, 0) is 6.42 Å². The van der Waals surface area contributed by atoms with Crippen molar-refractivity contribution in [2.45, 2.75) is 135 Å². The number of aromatic nitrogens is 1. The van der Waals surface area contributed by atoms with Crippen molar-refractivity contribution in [2.24, 2.45) is 0 Å². The maximum atomic E-state index is 12.1. The third-order valence-electron chi connectivity index (χ3n) is 6.93. The second kappa shape index (κ2) is 26.1. The highest BCUT2D eigenvalue weighted by Gasteiger charge is 2.17. The molecule has 0 bridgehead atoms. The van der Waals surface area contributed by atoms with E-state index in [9.17, 15) is 9.59 Å². The second-order valence-corrected chi connectivity index (χ2v) is 10.6. The normalized spacial score (nSPS) is 11.7. The van der Waals surface area contributed by atoms with Gasteiger partial charge in [-0.15, -0.1) is 0 Å². The van der Waals surface area contributed by atoms with E-state index in [0.29, 0.717) is 19.4 Å². The molecule has 1 atom stereocenters. The number of carbonyl (C=O) groups is 2. The van der Waals surface area contributed by atoms with Crippen LogP contribution in [0.3, 0.4) is 0 Å². The van der Waals surface area contributed by atoms with E-state index >= 15 is 0 Å². The minimum atomic E-state index is -0.613. The number of carbonyl (C=O) groups excluding carboxylic acids is 2. The number of esters is 1. The van der Waals surface area contributed by atoms with Crippen LogP contribution >= 0.6 is 0 Å². The lowest BCUT2D eigenvalue weighted by molar-refractivity contribution is -0.697. The molecule has 0 aliphatic rings. The van der Waals surface area contributed by atoms with E-state index in [-0.39, 0.29) is 19.2 Å². The Balaban J connectivity index is 1.99. The number of nitrogens with zero attached hydrogens (tertiary/aromatic N) is 1. The molecule has 0 radical (unpaired) electrons. The summed E-state index contributed by atoms with van der Waals surface area (Å²) < 4.78 is 18.4. The van der Waals surface area contributed by atoms with Crippen LogP contribution in [0.5, 0.6) is 0 Å². The van der Waals surface area contributed by atoms with E-state index in [1.807, 2.05) is 35.2 Å². The molecule has 1 aromatic heterocycles. The van der Waals surface area contributed by atoms with E-state index in [4.69, 9.17) is 14.2 Å². The topological polar surface area (TPSA) is 77.7 Å². The fourth-order valence-corrected chi connectivity index (χ4v) is 4.54. The second-order valence-electron chi connectivity index (χ2n) is 10.6. The molecule has 0 unspecified atom stereocenters. The molecule has 0 aliphatic heterocycles.